The Labute approximate surface area is 70.9 Å². The Morgan fingerprint density at radius 3 is 2.27 bits per heavy atom. The third-order valence-corrected chi connectivity index (χ3v) is 3.51. The van der Waals surface area contributed by atoms with Crippen LogP contribution in [0.25, 0.3) is 0 Å². The lowest BCUT2D eigenvalue weighted by Gasteiger charge is -2.06. The first-order valence-corrected chi connectivity index (χ1v) is 5.00. The average Bonchev–Trinajstić information content (AvgIpc) is 1.88. The summed E-state index contributed by atoms with van der Waals surface area (Å²) in [6, 6.07) is 0. The van der Waals surface area contributed by atoms with E-state index in [0.717, 1.165) is 11.8 Å². The Hall–Kier alpha value is -0.260. The van der Waals surface area contributed by atoms with Crippen molar-refractivity contribution in [1.82, 2.24) is 0 Å². The van der Waals surface area contributed by atoms with Gasteiger partial charge in [0.2, 0.25) is 0 Å². The zero-order chi connectivity index (χ0) is 7.61. The first kappa shape index (κ1) is 10.7. The second-order valence-corrected chi connectivity index (χ2v) is 4.62. The van der Waals surface area contributed by atoms with E-state index in [9.17, 15) is 8.42 Å². The van der Waals surface area contributed by atoms with Crippen LogP contribution in [0.15, 0.2) is 23.6 Å². The molecule has 3 nitrogen and oxygen atoms in total. The minimum Gasteiger partial charge on any atom is -0.284 e. The van der Waals surface area contributed by atoms with Crippen molar-refractivity contribution < 1.29 is 13.0 Å². The molecule has 0 saturated heterocycles. The molecule has 1 heterocycles. The number of allylic oxidation sites excluding steroid dienone is 2. The van der Waals surface area contributed by atoms with Gasteiger partial charge in [-0.05, 0) is 5.41 Å². The molecule has 1 atom stereocenters. The molecule has 0 saturated carbocycles. The van der Waals surface area contributed by atoms with Gasteiger partial charge in [0.15, 0.2) is 4.58 Å². The summed E-state index contributed by atoms with van der Waals surface area (Å²) in [5, 5.41) is 1.62. The highest BCUT2D eigenvalue weighted by Gasteiger charge is 2.19. The summed E-state index contributed by atoms with van der Waals surface area (Å²) >= 11 is 1.06. The summed E-state index contributed by atoms with van der Waals surface area (Å²) in [4.78, 5) is 0. The van der Waals surface area contributed by atoms with E-state index in [0.29, 0.717) is 0 Å². The van der Waals surface area contributed by atoms with E-state index in [1.165, 1.54) is 6.08 Å². The van der Waals surface area contributed by atoms with Crippen LogP contribution in [-0.4, -0.2) is 17.6 Å². The van der Waals surface area contributed by atoms with Gasteiger partial charge >= 0.3 is 0 Å². The van der Waals surface area contributed by atoms with E-state index in [-0.39, 0.29) is 7.43 Å². The summed E-state index contributed by atoms with van der Waals surface area (Å²) < 4.78 is 28.6. The second kappa shape index (κ2) is 3.94. The minimum atomic E-state index is -3.90. The molecule has 1 rings (SSSR count). The van der Waals surface area contributed by atoms with Crippen LogP contribution < -0.4 is 0 Å². The molecule has 1 unspecified atom stereocenters. The Morgan fingerprint density at radius 2 is 2.00 bits per heavy atom. The maximum atomic E-state index is 10.4. The highest BCUT2D eigenvalue weighted by Crippen LogP contribution is 2.21. The van der Waals surface area contributed by atoms with Gasteiger partial charge in [0.25, 0.3) is 10.1 Å². The normalized spacial score (nSPS) is 22.8. The van der Waals surface area contributed by atoms with E-state index in [1.807, 2.05) is 0 Å². The molecule has 1 aliphatic rings. The summed E-state index contributed by atoms with van der Waals surface area (Å²) in [5.41, 5.74) is 0. The molecular weight excluding hydrogens is 184 g/mol. The van der Waals surface area contributed by atoms with Crippen molar-refractivity contribution in [3.63, 3.8) is 0 Å². The van der Waals surface area contributed by atoms with E-state index in [1.54, 1.807) is 17.6 Å². The number of rotatable bonds is 1. The van der Waals surface area contributed by atoms with E-state index in [4.69, 9.17) is 4.55 Å². The van der Waals surface area contributed by atoms with Gasteiger partial charge in [0.1, 0.15) is 0 Å². The topological polar surface area (TPSA) is 54.4 Å². The summed E-state index contributed by atoms with van der Waals surface area (Å²) in [7, 11) is -3.90. The lowest BCUT2D eigenvalue weighted by molar-refractivity contribution is 0.484. The zero-order valence-corrected chi connectivity index (χ0v) is 6.60. The van der Waals surface area contributed by atoms with Gasteiger partial charge in [-0.1, -0.05) is 25.7 Å². The van der Waals surface area contributed by atoms with Gasteiger partial charge in [0.05, 0.1) is 0 Å². The van der Waals surface area contributed by atoms with Crippen molar-refractivity contribution in [2.45, 2.75) is 12.0 Å². The molecule has 0 aromatic heterocycles. The van der Waals surface area contributed by atoms with Gasteiger partial charge in [-0.15, -0.1) is 11.8 Å². The van der Waals surface area contributed by atoms with Crippen LogP contribution in [-0.2, 0) is 10.1 Å². The largest absolute Gasteiger partial charge is 0.284 e. The van der Waals surface area contributed by atoms with Crippen LogP contribution in [0.1, 0.15) is 7.43 Å². The minimum absolute atomic E-state index is 0. The van der Waals surface area contributed by atoms with Gasteiger partial charge in [-0.2, -0.15) is 8.42 Å². The summed E-state index contributed by atoms with van der Waals surface area (Å²) in [6.07, 6.45) is 4.74. The molecular formula is C6H10O3S2. The third-order valence-electron chi connectivity index (χ3n) is 0.964. The van der Waals surface area contributed by atoms with Gasteiger partial charge in [0, 0.05) is 0 Å². The smallest absolute Gasteiger partial charge is 0.281 e. The van der Waals surface area contributed by atoms with E-state index >= 15 is 0 Å². The van der Waals surface area contributed by atoms with Gasteiger partial charge in [-0.3, -0.25) is 4.55 Å². The van der Waals surface area contributed by atoms with Crippen molar-refractivity contribution in [3.8, 4) is 0 Å². The predicted molar refractivity (Wildman–Crippen MR) is 47.9 cm³/mol. The van der Waals surface area contributed by atoms with Crippen LogP contribution in [0, 0.1) is 0 Å². The fourth-order valence-corrected chi connectivity index (χ4v) is 2.10. The summed E-state index contributed by atoms with van der Waals surface area (Å²) in [6.45, 7) is 0. The lowest BCUT2D eigenvalue weighted by Crippen LogP contribution is -2.13. The molecule has 1 N–H and O–H groups in total. The maximum Gasteiger partial charge on any atom is 0.281 e. The van der Waals surface area contributed by atoms with Crippen LogP contribution in [0.3, 0.4) is 0 Å². The molecule has 0 fully saturated rings. The number of thioether (sulfide) groups is 1. The second-order valence-electron chi connectivity index (χ2n) is 1.73. The van der Waals surface area contributed by atoms with Crippen LogP contribution in [0.4, 0.5) is 0 Å². The fraction of sp³-hybridized carbons (Fsp3) is 0.333. The number of hydrogen-bond acceptors (Lipinski definition) is 3. The predicted octanol–water partition coefficient (Wildman–Crippen LogP) is 1.65. The number of hydrogen-bond donors (Lipinski definition) is 1. The quantitative estimate of drug-likeness (QED) is 0.645. The van der Waals surface area contributed by atoms with Gasteiger partial charge in [-0.25, -0.2) is 0 Å². The third kappa shape index (κ3) is 3.09. The van der Waals surface area contributed by atoms with Crippen molar-refractivity contribution in [3.05, 3.63) is 23.6 Å². The molecule has 0 aliphatic carbocycles. The van der Waals surface area contributed by atoms with E-state index < -0.39 is 14.7 Å². The van der Waals surface area contributed by atoms with Crippen LogP contribution >= 0.6 is 11.8 Å². The molecule has 0 aromatic rings. The molecule has 0 radical (unpaired) electrons. The highest BCUT2D eigenvalue weighted by molar-refractivity contribution is 8.13. The molecule has 5 heteroatoms. The van der Waals surface area contributed by atoms with Gasteiger partial charge < -0.3 is 0 Å². The Morgan fingerprint density at radius 1 is 1.36 bits per heavy atom. The first-order valence-electron chi connectivity index (χ1n) is 2.56. The Kier molecular flexibility index (Phi) is 3.85. The molecule has 0 aromatic carbocycles. The molecule has 1 aliphatic heterocycles. The summed E-state index contributed by atoms with van der Waals surface area (Å²) in [5.74, 6) is 0. The van der Waals surface area contributed by atoms with Crippen molar-refractivity contribution in [1.29, 1.82) is 0 Å². The molecule has 11 heavy (non-hydrogen) atoms. The average molecular weight is 194 g/mol. The molecule has 64 valence electrons. The Bertz CT molecular complexity index is 264. The maximum absolute atomic E-state index is 10.4. The molecule has 0 bridgehead atoms. The van der Waals surface area contributed by atoms with Crippen LogP contribution in [0.2, 0.25) is 0 Å². The SMILES string of the molecule is C.O=S(=O)(O)C1C=CC=CS1. The lowest BCUT2D eigenvalue weighted by atomic mass is 10.5. The van der Waals surface area contributed by atoms with Crippen LogP contribution in [0.5, 0.6) is 0 Å². The van der Waals surface area contributed by atoms with Crippen molar-refractivity contribution in [2.75, 3.05) is 0 Å². The van der Waals surface area contributed by atoms with E-state index in [2.05, 4.69) is 0 Å². The monoisotopic (exact) mass is 194 g/mol. The first-order chi connectivity index (χ1) is 4.61. The van der Waals surface area contributed by atoms with Crippen molar-refractivity contribution in [2.24, 2.45) is 0 Å². The van der Waals surface area contributed by atoms with Crippen molar-refractivity contribution >= 4 is 21.9 Å². The highest BCUT2D eigenvalue weighted by atomic mass is 32.3. The standard InChI is InChI=1S/C5H6O3S2.CH4/c6-10(7,8)5-3-1-2-4-9-5;/h1-5H,(H,6,7,8);1H4. The fourth-order valence-electron chi connectivity index (χ4n) is 0.538. The zero-order valence-electron chi connectivity index (χ0n) is 4.97. The Balaban J connectivity index is 0.000001000. The molecule has 0 amide bonds. The molecule has 0 spiro atoms.